The molecule has 2 heterocycles. The van der Waals surface area contributed by atoms with Gasteiger partial charge in [-0.3, -0.25) is 0 Å². The molecule has 2 aromatic rings. The number of ether oxygens (including phenoxy) is 1. The lowest BCUT2D eigenvalue weighted by Gasteiger charge is -2.07. The van der Waals surface area contributed by atoms with Gasteiger partial charge < -0.3 is 4.74 Å². The van der Waals surface area contributed by atoms with Gasteiger partial charge in [0.15, 0.2) is 5.82 Å². The zero-order chi connectivity index (χ0) is 13.1. The van der Waals surface area contributed by atoms with E-state index in [9.17, 15) is 0 Å². The van der Waals surface area contributed by atoms with Crippen LogP contribution in [0.25, 0.3) is 10.7 Å². The SMILES string of the molecule is CC(C)Oc1nc(Cl)nc(-c2ccc(C#N)s2)n1. The fourth-order valence-corrected chi connectivity index (χ4v) is 2.11. The Hall–Kier alpha value is -1.71. The number of hydrogen-bond donors (Lipinski definition) is 0. The first kappa shape index (κ1) is 12.7. The number of nitriles is 1. The molecule has 0 N–H and O–H groups in total. The van der Waals surface area contributed by atoms with E-state index >= 15 is 0 Å². The van der Waals surface area contributed by atoms with Gasteiger partial charge in [0.05, 0.1) is 11.0 Å². The molecule has 0 spiro atoms. The van der Waals surface area contributed by atoms with Crippen molar-refractivity contribution in [3.8, 4) is 22.8 Å². The van der Waals surface area contributed by atoms with Crippen molar-refractivity contribution in [2.75, 3.05) is 0 Å². The van der Waals surface area contributed by atoms with Crippen LogP contribution in [0.3, 0.4) is 0 Å². The van der Waals surface area contributed by atoms with Crippen molar-refractivity contribution >= 4 is 22.9 Å². The van der Waals surface area contributed by atoms with Crippen LogP contribution >= 0.6 is 22.9 Å². The van der Waals surface area contributed by atoms with Gasteiger partial charge in [-0.2, -0.15) is 20.2 Å². The highest BCUT2D eigenvalue weighted by Crippen LogP contribution is 2.26. The van der Waals surface area contributed by atoms with E-state index < -0.39 is 0 Å². The molecular weight excluding hydrogens is 272 g/mol. The molecule has 92 valence electrons. The lowest BCUT2D eigenvalue weighted by atomic mass is 10.4. The molecule has 2 rings (SSSR count). The van der Waals surface area contributed by atoms with E-state index in [0.29, 0.717) is 10.7 Å². The Morgan fingerprint density at radius 1 is 1.33 bits per heavy atom. The average molecular weight is 281 g/mol. The molecule has 7 heteroatoms. The van der Waals surface area contributed by atoms with E-state index in [-0.39, 0.29) is 17.4 Å². The Morgan fingerprint density at radius 3 is 2.72 bits per heavy atom. The monoisotopic (exact) mass is 280 g/mol. The second-order valence-electron chi connectivity index (χ2n) is 3.65. The first-order valence-corrected chi connectivity index (χ1v) is 6.36. The van der Waals surface area contributed by atoms with Gasteiger partial charge in [0.25, 0.3) is 0 Å². The van der Waals surface area contributed by atoms with Gasteiger partial charge in [-0.05, 0) is 37.6 Å². The van der Waals surface area contributed by atoms with Gasteiger partial charge in [0.2, 0.25) is 5.28 Å². The minimum Gasteiger partial charge on any atom is -0.461 e. The van der Waals surface area contributed by atoms with Crippen molar-refractivity contribution in [1.29, 1.82) is 5.26 Å². The molecule has 0 fully saturated rings. The second-order valence-corrected chi connectivity index (χ2v) is 5.07. The Labute approximate surface area is 113 Å². The third kappa shape index (κ3) is 2.94. The van der Waals surface area contributed by atoms with Gasteiger partial charge in [0, 0.05) is 0 Å². The van der Waals surface area contributed by atoms with Crippen molar-refractivity contribution in [3.05, 3.63) is 22.3 Å². The Morgan fingerprint density at radius 2 is 2.11 bits per heavy atom. The molecule has 2 aromatic heterocycles. The highest BCUT2D eigenvalue weighted by molar-refractivity contribution is 7.15. The standard InChI is InChI=1S/C11H9ClN4OS/c1-6(2)17-11-15-9(14-10(12)16-11)8-4-3-7(5-13)18-8/h3-4,6H,1-2H3. The molecule has 0 aliphatic carbocycles. The summed E-state index contributed by atoms with van der Waals surface area (Å²) in [5, 5.41) is 8.85. The lowest BCUT2D eigenvalue weighted by Crippen LogP contribution is -2.09. The third-order valence-electron chi connectivity index (χ3n) is 1.87. The number of aromatic nitrogens is 3. The molecule has 0 amide bonds. The lowest BCUT2D eigenvalue weighted by molar-refractivity contribution is 0.222. The van der Waals surface area contributed by atoms with Crippen LogP contribution in [0.4, 0.5) is 0 Å². The Kier molecular flexibility index (Phi) is 3.75. The largest absolute Gasteiger partial charge is 0.461 e. The van der Waals surface area contributed by atoms with Crippen molar-refractivity contribution in [3.63, 3.8) is 0 Å². The fourth-order valence-electron chi connectivity index (χ4n) is 1.22. The molecule has 5 nitrogen and oxygen atoms in total. The first-order chi connectivity index (χ1) is 8.58. The molecule has 0 aromatic carbocycles. The minimum absolute atomic E-state index is 0.0469. The summed E-state index contributed by atoms with van der Waals surface area (Å²) >= 11 is 7.12. The zero-order valence-electron chi connectivity index (χ0n) is 9.72. The topological polar surface area (TPSA) is 71.7 Å². The summed E-state index contributed by atoms with van der Waals surface area (Å²) < 4.78 is 5.38. The predicted molar refractivity (Wildman–Crippen MR) is 68.6 cm³/mol. The van der Waals surface area contributed by atoms with Crippen LogP contribution in [0, 0.1) is 11.3 Å². The molecule has 0 saturated carbocycles. The third-order valence-corrected chi connectivity index (χ3v) is 3.02. The maximum atomic E-state index is 8.78. The second kappa shape index (κ2) is 5.29. The van der Waals surface area contributed by atoms with Gasteiger partial charge in [-0.25, -0.2) is 0 Å². The van der Waals surface area contributed by atoms with Crippen LogP contribution < -0.4 is 4.74 Å². The maximum Gasteiger partial charge on any atom is 0.321 e. The first-order valence-electron chi connectivity index (χ1n) is 5.17. The summed E-state index contributed by atoms with van der Waals surface area (Å²) in [6.45, 7) is 3.74. The summed E-state index contributed by atoms with van der Waals surface area (Å²) in [5.41, 5.74) is 0. The van der Waals surface area contributed by atoms with E-state index in [2.05, 4.69) is 21.0 Å². The van der Waals surface area contributed by atoms with Crippen LogP contribution in [0.5, 0.6) is 6.01 Å². The van der Waals surface area contributed by atoms with Gasteiger partial charge in [-0.1, -0.05) is 0 Å². The number of nitrogens with zero attached hydrogens (tertiary/aromatic N) is 4. The number of hydrogen-bond acceptors (Lipinski definition) is 6. The van der Waals surface area contributed by atoms with Crippen molar-refractivity contribution in [2.45, 2.75) is 20.0 Å². The Balaban J connectivity index is 2.38. The number of rotatable bonds is 3. The van der Waals surface area contributed by atoms with E-state index in [1.807, 2.05) is 13.8 Å². The van der Waals surface area contributed by atoms with E-state index in [1.54, 1.807) is 12.1 Å². The number of thiophene rings is 1. The highest BCUT2D eigenvalue weighted by Gasteiger charge is 2.11. The fraction of sp³-hybridized carbons (Fsp3) is 0.273. The minimum atomic E-state index is -0.0469. The van der Waals surface area contributed by atoms with Crippen LogP contribution in [0.2, 0.25) is 5.28 Å². The molecule has 0 aliphatic rings. The summed E-state index contributed by atoms with van der Waals surface area (Å²) in [6, 6.07) is 5.73. The molecule has 0 atom stereocenters. The van der Waals surface area contributed by atoms with Crippen molar-refractivity contribution < 1.29 is 4.74 Å². The molecule has 0 unspecified atom stereocenters. The van der Waals surface area contributed by atoms with Crippen molar-refractivity contribution in [1.82, 2.24) is 15.0 Å². The predicted octanol–water partition coefficient (Wildman–Crippen LogP) is 2.91. The van der Waals surface area contributed by atoms with Gasteiger partial charge in [-0.15, -0.1) is 11.3 Å². The molecule has 18 heavy (non-hydrogen) atoms. The summed E-state index contributed by atoms with van der Waals surface area (Å²) in [5.74, 6) is 0.414. The summed E-state index contributed by atoms with van der Waals surface area (Å²) in [7, 11) is 0. The molecule has 0 saturated heterocycles. The van der Waals surface area contributed by atoms with Crippen LogP contribution in [0.15, 0.2) is 12.1 Å². The Bertz CT molecular complexity index is 605. The summed E-state index contributed by atoms with van der Waals surface area (Å²) in [6.07, 6.45) is -0.0469. The zero-order valence-corrected chi connectivity index (χ0v) is 11.3. The summed E-state index contributed by atoms with van der Waals surface area (Å²) in [4.78, 5) is 13.4. The van der Waals surface area contributed by atoms with E-state index in [0.717, 1.165) is 4.88 Å². The highest BCUT2D eigenvalue weighted by atomic mass is 35.5. The molecular formula is C11H9ClN4OS. The smallest absolute Gasteiger partial charge is 0.321 e. The molecule has 0 radical (unpaired) electrons. The molecule has 0 bridgehead atoms. The van der Waals surface area contributed by atoms with Crippen LogP contribution in [0.1, 0.15) is 18.7 Å². The van der Waals surface area contributed by atoms with E-state index in [1.165, 1.54) is 11.3 Å². The maximum absolute atomic E-state index is 8.78. The van der Waals surface area contributed by atoms with Gasteiger partial charge in [0.1, 0.15) is 10.9 Å². The average Bonchev–Trinajstić information content (AvgIpc) is 2.75. The van der Waals surface area contributed by atoms with Crippen molar-refractivity contribution in [2.24, 2.45) is 0 Å². The van der Waals surface area contributed by atoms with E-state index in [4.69, 9.17) is 21.6 Å². The normalized spacial score (nSPS) is 10.4. The number of halogens is 1. The quantitative estimate of drug-likeness (QED) is 0.864. The van der Waals surface area contributed by atoms with Gasteiger partial charge >= 0.3 is 6.01 Å². The van der Waals surface area contributed by atoms with Crippen LogP contribution in [-0.4, -0.2) is 21.1 Å². The van der Waals surface area contributed by atoms with Crippen LogP contribution in [-0.2, 0) is 0 Å². The molecule has 0 aliphatic heterocycles.